The molecule has 0 aliphatic rings. The van der Waals surface area contributed by atoms with Crippen molar-refractivity contribution >= 4 is 16.9 Å². The van der Waals surface area contributed by atoms with Gasteiger partial charge in [0.25, 0.3) is 0 Å². The normalized spacial score (nSPS) is 10.9. The Morgan fingerprint density at radius 1 is 0.929 bits per heavy atom. The van der Waals surface area contributed by atoms with E-state index < -0.39 is 0 Å². The number of rotatable bonds is 10. The molecule has 3 N–H and O–H groups in total. The third kappa shape index (κ3) is 5.86. The molecule has 1 aromatic heterocycles. The SMILES string of the molecule is Cc1[nH]c2ccccc2c1CCNC(=O)NCCCOCCc1ccccc1. The van der Waals surface area contributed by atoms with Crippen LogP contribution in [0.15, 0.2) is 54.6 Å². The molecule has 0 unspecified atom stereocenters. The molecule has 3 aromatic rings. The summed E-state index contributed by atoms with van der Waals surface area (Å²) in [5.41, 5.74) is 4.86. The third-order valence-corrected chi connectivity index (χ3v) is 4.82. The molecule has 0 saturated heterocycles. The van der Waals surface area contributed by atoms with Gasteiger partial charge in [-0.25, -0.2) is 4.79 Å². The largest absolute Gasteiger partial charge is 0.381 e. The Labute approximate surface area is 166 Å². The van der Waals surface area contributed by atoms with Crippen molar-refractivity contribution in [3.05, 3.63) is 71.4 Å². The lowest BCUT2D eigenvalue weighted by atomic mass is 10.1. The number of H-pyrrole nitrogens is 1. The minimum absolute atomic E-state index is 0.123. The summed E-state index contributed by atoms with van der Waals surface area (Å²) in [6.45, 7) is 4.67. The van der Waals surface area contributed by atoms with Crippen LogP contribution in [0.3, 0.4) is 0 Å². The molecule has 5 heteroatoms. The molecule has 148 valence electrons. The molecule has 5 nitrogen and oxygen atoms in total. The molecule has 2 aromatic carbocycles. The van der Waals surface area contributed by atoms with Crippen LogP contribution in [0, 0.1) is 6.92 Å². The van der Waals surface area contributed by atoms with Gasteiger partial charge in [-0.05, 0) is 43.4 Å². The molecule has 28 heavy (non-hydrogen) atoms. The highest BCUT2D eigenvalue weighted by atomic mass is 16.5. The molecule has 0 bridgehead atoms. The summed E-state index contributed by atoms with van der Waals surface area (Å²) in [4.78, 5) is 15.3. The summed E-state index contributed by atoms with van der Waals surface area (Å²) in [5.74, 6) is 0. The van der Waals surface area contributed by atoms with Crippen LogP contribution in [-0.2, 0) is 17.6 Å². The Morgan fingerprint density at radius 3 is 2.54 bits per heavy atom. The second kappa shape index (κ2) is 10.5. The van der Waals surface area contributed by atoms with Crippen LogP contribution >= 0.6 is 0 Å². The van der Waals surface area contributed by atoms with Crippen LogP contribution in [0.25, 0.3) is 10.9 Å². The van der Waals surface area contributed by atoms with Crippen molar-refractivity contribution in [1.29, 1.82) is 0 Å². The van der Waals surface area contributed by atoms with Gasteiger partial charge in [0.05, 0.1) is 6.61 Å². The predicted molar refractivity (Wildman–Crippen MR) is 114 cm³/mol. The van der Waals surface area contributed by atoms with Gasteiger partial charge in [0.2, 0.25) is 0 Å². The van der Waals surface area contributed by atoms with Crippen molar-refractivity contribution in [1.82, 2.24) is 15.6 Å². The highest BCUT2D eigenvalue weighted by Gasteiger charge is 2.08. The maximum absolute atomic E-state index is 11.9. The van der Waals surface area contributed by atoms with Crippen LogP contribution in [0.4, 0.5) is 4.79 Å². The number of fused-ring (bicyclic) bond motifs is 1. The van der Waals surface area contributed by atoms with Crippen molar-refractivity contribution in [2.45, 2.75) is 26.2 Å². The van der Waals surface area contributed by atoms with Gasteiger partial charge < -0.3 is 20.4 Å². The molecule has 0 fully saturated rings. The van der Waals surface area contributed by atoms with Crippen LogP contribution in [0.1, 0.15) is 23.2 Å². The molecule has 0 aliphatic carbocycles. The van der Waals surface area contributed by atoms with Gasteiger partial charge in [-0.2, -0.15) is 0 Å². The van der Waals surface area contributed by atoms with E-state index in [4.69, 9.17) is 4.74 Å². The summed E-state index contributed by atoms with van der Waals surface area (Å²) in [6.07, 6.45) is 2.54. The fourth-order valence-electron chi connectivity index (χ4n) is 3.33. The molecule has 0 spiro atoms. The van der Waals surface area contributed by atoms with Gasteiger partial charge in [0.15, 0.2) is 0 Å². The second-order valence-electron chi connectivity index (χ2n) is 6.91. The zero-order valence-electron chi connectivity index (χ0n) is 16.5. The maximum Gasteiger partial charge on any atom is 0.314 e. The van der Waals surface area contributed by atoms with Gasteiger partial charge in [-0.15, -0.1) is 0 Å². The van der Waals surface area contributed by atoms with Gasteiger partial charge in [0, 0.05) is 36.3 Å². The Bertz CT molecular complexity index is 874. The number of urea groups is 1. The van der Waals surface area contributed by atoms with Crippen LogP contribution in [-0.4, -0.2) is 37.3 Å². The third-order valence-electron chi connectivity index (χ3n) is 4.82. The monoisotopic (exact) mass is 379 g/mol. The van der Waals surface area contributed by atoms with Gasteiger partial charge in [0.1, 0.15) is 0 Å². The highest BCUT2D eigenvalue weighted by Crippen LogP contribution is 2.21. The van der Waals surface area contributed by atoms with E-state index in [2.05, 4.69) is 46.8 Å². The summed E-state index contributed by atoms with van der Waals surface area (Å²) in [7, 11) is 0. The van der Waals surface area contributed by atoms with Crippen molar-refractivity contribution in [3.63, 3.8) is 0 Å². The Morgan fingerprint density at radius 2 is 1.68 bits per heavy atom. The lowest BCUT2D eigenvalue weighted by Gasteiger charge is -2.08. The molecule has 0 saturated carbocycles. The van der Waals surface area contributed by atoms with Crippen LogP contribution in [0.2, 0.25) is 0 Å². The number of hydrogen-bond donors (Lipinski definition) is 3. The number of nitrogens with one attached hydrogen (secondary N) is 3. The fraction of sp³-hybridized carbons (Fsp3) is 0.348. The Balaban J connectivity index is 1.25. The van der Waals surface area contributed by atoms with E-state index in [9.17, 15) is 4.79 Å². The standard InChI is InChI=1S/C23H29N3O2/c1-18-20(21-10-5-6-11-22(21)26-18)12-15-25-23(27)24-14-7-16-28-17-13-19-8-3-2-4-9-19/h2-6,8-11,26H,7,12-17H2,1H3,(H2,24,25,27). The highest BCUT2D eigenvalue weighted by molar-refractivity contribution is 5.84. The number of carbonyl (C=O) groups excluding carboxylic acids is 1. The number of amides is 2. The zero-order chi connectivity index (χ0) is 19.6. The van der Waals surface area contributed by atoms with E-state index in [0.717, 1.165) is 30.5 Å². The summed E-state index contributed by atoms with van der Waals surface area (Å²) >= 11 is 0. The number of aryl methyl sites for hydroxylation is 1. The number of para-hydroxylation sites is 1. The molecule has 2 amide bonds. The quantitative estimate of drug-likeness (QED) is 0.467. The van der Waals surface area contributed by atoms with E-state index >= 15 is 0 Å². The molecule has 0 radical (unpaired) electrons. The number of carbonyl (C=O) groups is 1. The smallest absolute Gasteiger partial charge is 0.314 e. The van der Waals surface area contributed by atoms with E-state index in [1.807, 2.05) is 30.3 Å². The minimum Gasteiger partial charge on any atom is -0.381 e. The average molecular weight is 380 g/mol. The van der Waals surface area contributed by atoms with Gasteiger partial charge in [-0.3, -0.25) is 0 Å². The second-order valence-corrected chi connectivity index (χ2v) is 6.91. The lowest BCUT2D eigenvalue weighted by molar-refractivity contribution is 0.135. The molecular formula is C23H29N3O2. The van der Waals surface area contributed by atoms with Gasteiger partial charge >= 0.3 is 6.03 Å². The van der Waals surface area contributed by atoms with Crippen LogP contribution < -0.4 is 10.6 Å². The number of benzene rings is 2. The number of aromatic amines is 1. The topological polar surface area (TPSA) is 66.2 Å². The van der Waals surface area contributed by atoms with Crippen molar-refractivity contribution in [2.24, 2.45) is 0 Å². The first kappa shape index (κ1) is 20.0. The zero-order valence-corrected chi connectivity index (χ0v) is 16.5. The summed E-state index contributed by atoms with van der Waals surface area (Å²) in [6, 6.07) is 18.4. The first-order valence-electron chi connectivity index (χ1n) is 9.93. The lowest BCUT2D eigenvalue weighted by Crippen LogP contribution is -2.37. The predicted octanol–water partition coefficient (Wildman–Crippen LogP) is 3.97. The van der Waals surface area contributed by atoms with Crippen molar-refractivity contribution in [2.75, 3.05) is 26.3 Å². The van der Waals surface area contributed by atoms with Crippen LogP contribution in [0.5, 0.6) is 0 Å². The molecule has 0 atom stereocenters. The summed E-state index contributed by atoms with van der Waals surface area (Å²) < 4.78 is 5.63. The van der Waals surface area contributed by atoms with E-state index in [1.165, 1.54) is 16.5 Å². The molecule has 3 rings (SSSR count). The number of hydrogen-bond acceptors (Lipinski definition) is 2. The summed E-state index contributed by atoms with van der Waals surface area (Å²) in [5, 5.41) is 7.05. The minimum atomic E-state index is -0.123. The molecule has 1 heterocycles. The number of ether oxygens (including phenoxy) is 1. The average Bonchev–Trinajstić information content (AvgIpc) is 3.03. The maximum atomic E-state index is 11.9. The fourth-order valence-corrected chi connectivity index (χ4v) is 3.33. The van der Waals surface area contributed by atoms with Crippen molar-refractivity contribution in [3.8, 4) is 0 Å². The first-order valence-corrected chi connectivity index (χ1v) is 9.93. The first-order chi connectivity index (χ1) is 13.7. The van der Waals surface area contributed by atoms with E-state index in [1.54, 1.807) is 0 Å². The van der Waals surface area contributed by atoms with E-state index in [-0.39, 0.29) is 6.03 Å². The molecular weight excluding hydrogens is 350 g/mol. The Kier molecular flexibility index (Phi) is 7.50. The Hall–Kier alpha value is -2.79. The van der Waals surface area contributed by atoms with Crippen molar-refractivity contribution < 1.29 is 9.53 Å². The van der Waals surface area contributed by atoms with E-state index in [0.29, 0.717) is 26.3 Å². The van der Waals surface area contributed by atoms with Gasteiger partial charge in [-0.1, -0.05) is 48.5 Å². The number of aromatic nitrogens is 1. The molecule has 0 aliphatic heterocycles.